The average Bonchev–Trinajstić information content (AvgIpc) is 3.38. The number of piperidine rings is 1. The Kier molecular flexibility index (Phi) is 8.84. The molecule has 0 bridgehead atoms. The molecule has 4 rings (SSSR count). The second kappa shape index (κ2) is 11.8. The predicted octanol–water partition coefficient (Wildman–Crippen LogP) is 3.56. The standard InChI is InChI=1S/C27H29F6N5O3/c1-18(19-10-21(26(28,29)30)12-22(11-19)27(31,32)33)41-15-25(20-6-4-3-5-7-20)9-8-24(13-35-25,14-40-17-34-2)38-16-36-37-23(38)39/h3-7,10-12,18,34-35H,8-9,13-15,17H2,1-2H3/p+1/t18-,24+,25-/m1/s1. The molecule has 2 aromatic carbocycles. The molecule has 222 valence electrons. The summed E-state index contributed by atoms with van der Waals surface area (Å²) >= 11 is 0. The Morgan fingerprint density at radius 2 is 1.71 bits per heavy atom. The minimum absolute atomic E-state index is 0.0762. The van der Waals surface area contributed by atoms with Crippen LogP contribution < -0.4 is 21.4 Å². The van der Waals surface area contributed by atoms with Crippen LogP contribution in [0.1, 0.15) is 48.1 Å². The molecule has 1 aliphatic heterocycles. The normalized spacial score (nSPS) is 22.3. The molecule has 3 aromatic rings. The van der Waals surface area contributed by atoms with E-state index in [-0.39, 0.29) is 38.1 Å². The van der Waals surface area contributed by atoms with Crippen LogP contribution in [0.25, 0.3) is 0 Å². The van der Waals surface area contributed by atoms with Gasteiger partial charge in [-0.05, 0) is 61.2 Å². The van der Waals surface area contributed by atoms with Crippen LogP contribution >= 0.6 is 0 Å². The highest BCUT2D eigenvalue weighted by atomic mass is 19.4. The Morgan fingerprint density at radius 1 is 1.05 bits per heavy atom. The highest BCUT2D eigenvalue weighted by molar-refractivity contribution is 5.35. The molecule has 0 unspecified atom stereocenters. The van der Waals surface area contributed by atoms with Crippen molar-refractivity contribution in [3.63, 3.8) is 0 Å². The largest absolute Gasteiger partial charge is 0.466 e. The Balaban J connectivity index is 1.62. The SMILES string of the molecule is CNCOC[C@]1(n2c#[n+][nH]c2=O)CC[C@@](CO[C@H](C)c2cc(C(F)(F)F)cc(C(F)(F)F)c2)(c2ccccc2)NC1. The van der Waals surface area contributed by atoms with Gasteiger partial charge in [-0.3, -0.25) is 5.32 Å². The van der Waals surface area contributed by atoms with Gasteiger partial charge in [-0.15, -0.1) is 4.57 Å². The number of nitrogens with one attached hydrogen (secondary N) is 3. The van der Waals surface area contributed by atoms with E-state index in [9.17, 15) is 31.1 Å². The van der Waals surface area contributed by atoms with E-state index in [1.165, 1.54) is 11.5 Å². The fourth-order valence-corrected chi connectivity index (χ4v) is 5.01. The number of hydrogen-bond acceptors (Lipinski definition) is 5. The van der Waals surface area contributed by atoms with Crippen LogP contribution in [0, 0.1) is 6.33 Å². The van der Waals surface area contributed by atoms with Gasteiger partial charge in [0.05, 0.1) is 42.7 Å². The zero-order chi connectivity index (χ0) is 29.9. The Hall–Kier alpha value is -3.38. The van der Waals surface area contributed by atoms with E-state index in [0.717, 1.165) is 5.56 Å². The Labute approximate surface area is 232 Å². The molecule has 0 saturated carbocycles. The second-order valence-electron chi connectivity index (χ2n) is 10.1. The maximum atomic E-state index is 13.4. The van der Waals surface area contributed by atoms with Gasteiger partial charge in [0.15, 0.2) is 5.54 Å². The van der Waals surface area contributed by atoms with Crippen molar-refractivity contribution in [2.75, 3.05) is 33.5 Å². The van der Waals surface area contributed by atoms with Gasteiger partial charge >= 0.3 is 24.4 Å². The maximum Gasteiger partial charge on any atom is 0.466 e. The first-order valence-electron chi connectivity index (χ1n) is 12.8. The van der Waals surface area contributed by atoms with Crippen LogP contribution in [0.4, 0.5) is 26.3 Å². The molecule has 0 aliphatic carbocycles. The van der Waals surface area contributed by atoms with Crippen molar-refractivity contribution in [1.29, 1.82) is 0 Å². The smallest absolute Gasteiger partial charge is 0.372 e. The van der Waals surface area contributed by atoms with Crippen molar-refractivity contribution in [2.45, 2.75) is 49.3 Å². The summed E-state index contributed by atoms with van der Waals surface area (Å²) in [5, 5.41) is 12.4. The van der Waals surface area contributed by atoms with Gasteiger partial charge in [0.25, 0.3) is 0 Å². The summed E-state index contributed by atoms with van der Waals surface area (Å²) in [4.78, 5) is 12.5. The van der Waals surface area contributed by atoms with Crippen molar-refractivity contribution >= 4 is 0 Å². The number of nitrogens with zero attached hydrogens (tertiary/aromatic N) is 2. The third kappa shape index (κ3) is 6.75. The van der Waals surface area contributed by atoms with Gasteiger partial charge in [0.1, 0.15) is 0 Å². The third-order valence-electron chi connectivity index (χ3n) is 7.35. The molecule has 1 saturated heterocycles. The van der Waals surface area contributed by atoms with Gasteiger partial charge in [-0.1, -0.05) is 35.4 Å². The lowest BCUT2D eigenvalue weighted by molar-refractivity contribution is -0.375. The average molecular weight is 587 g/mol. The summed E-state index contributed by atoms with van der Waals surface area (Å²) in [6, 6.07) is 10.6. The quantitative estimate of drug-likeness (QED) is 0.191. The van der Waals surface area contributed by atoms with Crippen molar-refractivity contribution in [1.82, 2.24) is 20.3 Å². The van der Waals surface area contributed by atoms with Crippen LogP contribution in [0.5, 0.6) is 0 Å². The summed E-state index contributed by atoms with van der Waals surface area (Å²) in [6.45, 7) is 1.92. The fraction of sp³-hybridized carbons (Fsp3) is 0.481. The fourth-order valence-electron chi connectivity index (χ4n) is 5.01. The molecule has 0 amide bonds. The lowest BCUT2D eigenvalue weighted by Gasteiger charge is -2.45. The van der Waals surface area contributed by atoms with Crippen LogP contribution in [-0.2, 0) is 32.9 Å². The van der Waals surface area contributed by atoms with Gasteiger partial charge in [0, 0.05) is 6.54 Å². The molecule has 14 heteroatoms. The van der Waals surface area contributed by atoms with E-state index in [2.05, 4.69) is 27.2 Å². The van der Waals surface area contributed by atoms with Crippen molar-refractivity contribution < 1.29 is 40.9 Å². The highest BCUT2D eigenvalue weighted by Crippen LogP contribution is 2.40. The lowest BCUT2D eigenvalue weighted by atomic mass is 9.76. The first-order valence-corrected chi connectivity index (χ1v) is 12.8. The summed E-state index contributed by atoms with van der Waals surface area (Å²) < 4.78 is 93.6. The first kappa shape index (κ1) is 30.6. The molecule has 0 spiro atoms. The number of aromatic amines is 1. The number of rotatable bonds is 10. The molecular formula is C27H30F6N5O3+. The molecule has 1 fully saturated rings. The van der Waals surface area contributed by atoms with E-state index in [1.807, 2.05) is 30.3 Å². The molecule has 1 aromatic heterocycles. The molecule has 0 radical (unpaired) electrons. The van der Waals surface area contributed by atoms with Crippen LogP contribution in [0.2, 0.25) is 0 Å². The zero-order valence-electron chi connectivity index (χ0n) is 22.3. The van der Waals surface area contributed by atoms with Crippen LogP contribution in [0.15, 0.2) is 53.3 Å². The predicted molar refractivity (Wildman–Crippen MR) is 134 cm³/mol. The third-order valence-corrected chi connectivity index (χ3v) is 7.35. The van der Waals surface area contributed by atoms with E-state index < -0.39 is 46.4 Å². The number of benzene rings is 2. The molecule has 41 heavy (non-hydrogen) atoms. The number of aromatic nitrogens is 3. The van der Waals surface area contributed by atoms with E-state index in [4.69, 9.17) is 9.47 Å². The number of alkyl halides is 6. The first-order chi connectivity index (χ1) is 19.3. The Bertz CT molecular complexity index is 1320. The zero-order valence-corrected chi connectivity index (χ0v) is 22.3. The van der Waals surface area contributed by atoms with Gasteiger partial charge in [0.2, 0.25) is 0 Å². The minimum atomic E-state index is -4.97. The van der Waals surface area contributed by atoms with Crippen LogP contribution in [0.3, 0.4) is 0 Å². The van der Waals surface area contributed by atoms with Crippen molar-refractivity contribution in [2.24, 2.45) is 0 Å². The number of H-pyrrole nitrogens is 1. The van der Waals surface area contributed by atoms with Crippen LogP contribution in [-0.4, -0.2) is 43.2 Å². The van der Waals surface area contributed by atoms with Crippen molar-refractivity contribution in [3.8, 4) is 0 Å². The minimum Gasteiger partial charge on any atom is -0.372 e. The number of ether oxygens (including phenoxy) is 2. The lowest BCUT2D eigenvalue weighted by Crippen LogP contribution is -2.61. The molecule has 2 heterocycles. The molecule has 3 atom stereocenters. The van der Waals surface area contributed by atoms with Crippen molar-refractivity contribution in [3.05, 3.63) is 87.6 Å². The monoisotopic (exact) mass is 586 g/mol. The summed E-state index contributed by atoms with van der Waals surface area (Å²) in [5.74, 6) is 0. The topological polar surface area (TPSA) is 94.4 Å². The second-order valence-corrected chi connectivity index (χ2v) is 10.1. The summed E-state index contributed by atoms with van der Waals surface area (Å²) in [6.07, 6.45) is -7.59. The van der Waals surface area contributed by atoms with E-state index >= 15 is 0 Å². The van der Waals surface area contributed by atoms with Gasteiger partial charge in [-0.25, -0.2) is 4.79 Å². The maximum absolute atomic E-state index is 13.4. The molecule has 8 nitrogen and oxygen atoms in total. The summed E-state index contributed by atoms with van der Waals surface area (Å²) in [7, 11) is 1.71. The summed E-state index contributed by atoms with van der Waals surface area (Å²) in [5.41, 5.74) is -4.46. The van der Waals surface area contributed by atoms with Gasteiger partial charge in [-0.2, -0.15) is 26.3 Å². The Morgan fingerprint density at radius 3 is 2.22 bits per heavy atom. The van der Waals surface area contributed by atoms with Gasteiger partial charge < -0.3 is 14.8 Å². The van der Waals surface area contributed by atoms with E-state index in [0.29, 0.717) is 25.0 Å². The molecule has 3 N–H and O–H groups in total. The highest BCUT2D eigenvalue weighted by Gasteiger charge is 2.49. The molecular weight excluding hydrogens is 556 g/mol. The van der Waals surface area contributed by atoms with E-state index in [1.54, 1.807) is 7.05 Å². The number of hydrogen-bond donors (Lipinski definition) is 3. The molecule has 1 aliphatic rings. The number of halogens is 6.